The van der Waals surface area contributed by atoms with Crippen molar-refractivity contribution in [2.45, 2.75) is 130 Å². The van der Waals surface area contributed by atoms with Crippen LogP contribution in [-0.4, -0.2) is 58.9 Å². The molecule has 0 aliphatic rings. The van der Waals surface area contributed by atoms with Crippen LogP contribution in [0.5, 0.6) is 0 Å². The van der Waals surface area contributed by atoms with Crippen LogP contribution in [0.1, 0.15) is 124 Å². The molecule has 0 aromatic carbocycles. The molecule has 0 saturated heterocycles. The molecule has 6 nitrogen and oxygen atoms in total. The summed E-state index contributed by atoms with van der Waals surface area (Å²) >= 11 is 0. The second-order valence-electron chi connectivity index (χ2n) is 7.89. The lowest BCUT2D eigenvalue weighted by molar-refractivity contribution is -0.137. The molecular weight excluding hydrogens is 396 g/mol. The predicted octanol–water partition coefficient (Wildman–Crippen LogP) is 5.71. The molecule has 0 atom stereocenters. The van der Waals surface area contributed by atoms with Crippen molar-refractivity contribution in [3.63, 3.8) is 0 Å². The Kier molecular flexibility index (Phi) is 38.2. The number of ether oxygens (including phenoxy) is 1. The van der Waals surface area contributed by atoms with Gasteiger partial charge in [0, 0.05) is 19.6 Å². The van der Waals surface area contributed by atoms with Crippen molar-refractivity contribution in [2.75, 3.05) is 26.4 Å². The van der Waals surface area contributed by atoms with Crippen molar-refractivity contribution in [3.05, 3.63) is 0 Å². The Balaban J connectivity index is -0.000000583. The van der Waals surface area contributed by atoms with Crippen LogP contribution < -0.4 is 0 Å². The summed E-state index contributed by atoms with van der Waals surface area (Å²) in [5.74, 6) is -0.653. The van der Waals surface area contributed by atoms with Crippen LogP contribution in [0.2, 0.25) is 0 Å². The lowest BCUT2D eigenvalue weighted by Crippen LogP contribution is -2.15. The molecule has 0 aliphatic heterocycles. The SMILES string of the molecule is CCCCCCCCCCCCCCCCCC(=O)O.CCOCC.OCC(O)CO. The van der Waals surface area contributed by atoms with E-state index < -0.39 is 12.1 Å². The van der Waals surface area contributed by atoms with Gasteiger partial charge in [0.05, 0.1) is 13.2 Å². The molecule has 0 amide bonds. The van der Waals surface area contributed by atoms with Gasteiger partial charge in [0.15, 0.2) is 0 Å². The quantitative estimate of drug-likeness (QED) is 0.177. The van der Waals surface area contributed by atoms with Crippen molar-refractivity contribution >= 4 is 5.97 Å². The highest BCUT2D eigenvalue weighted by molar-refractivity contribution is 5.66. The number of hydrogen-bond acceptors (Lipinski definition) is 5. The summed E-state index contributed by atoms with van der Waals surface area (Å²) in [7, 11) is 0. The van der Waals surface area contributed by atoms with Gasteiger partial charge in [0.25, 0.3) is 0 Å². The third kappa shape index (κ3) is 43.9. The first-order valence-corrected chi connectivity index (χ1v) is 12.7. The fourth-order valence-electron chi connectivity index (χ4n) is 2.91. The maximum atomic E-state index is 10.3. The number of carboxylic acids is 1. The Morgan fingerprint density at radius 3 is 1.16 bits per heavy atom. The summed E-state index contributed by atoms with van der Waals surface area (Å²) in [6.07, 6.45) is 19.2. The van der Waals surface area contributed by atoms with Crippen molar-refractivity contribution < 1.29 is 30.0 Å². The average molecular weight is 451 g/mol. The molecule has 0 radical (unpaired) electrons. The van der Waals surface area contributed by atoms with Gasteiger partial charge >= 0.3 is 5.97 Å². The number of rotatable bonds is 20. The van der Waals surface area contributed by atoms with E-state index in [0.717, 1.165) is 26.1 Å². The van der Waals surface area contributed by atoms with E-state index in [4.69, 9.17) is 25.2 Å². The smallest absolute Gasteiger partial charge is 0.303 e. The van der Waals surface area contributed by atoms with Crippen molar-refractivity contribution in [1.29, 1.82) is 0 Å². The number of aliphatic carboxylic acids is 1. The molecule has 0 fully saturated rings. The summed E-state index contributed by atoms with van der Waals surface area (Å²) in [5, 5.41) is 32.5. The van der Waals surface area contributed by atoms with E-state index in [1.165, 1.54) is 83.5 Å². The van der Waals surface area contributed by atoms with Gasteiger partial charge in [-0.15, -0.1) is 0 Å². The zero-order valence-corrected chi connectivity index (χ0v) is 20.8. The molecule has 190 valence electrons. The maximum Gasteiger partial charge on any atom is 0.303 e. The summed E-state index contributed by atoms with van der Waals surface area (Å²) in [6, 6.07) is 0. The van der Waals surface area contributed by atoms with Crippen LogP contribution in [0.3, 0.4) is 0 Å². The topological polar surface area (TPSA) is 107 Å². The van der Waals surface area contributed by atoms with Gasteiger partial charge in [0.1, 0.15) is 6.10 Å². The van der Waals surface area contributed by atoms with Gasteiger partial charge in [-0.05, 0) is 20.3 Å². The minimum absolute atomic E-state index is 0.345. The molecule has 0 rings (SSSR count). The normalized spacial score (nSPS) is 10.3. The van der Waals surface area contributed by atoms with E-state index in [2.05, 4.69) is 6.92 Å². The van der Waals surface area contributed by atoms with E-state index >= 15 is 0 Å². The largest absolute Gasteiger partial charge is 0.481 e. The highest BCUT2D eigenvalue weighted by atomic mass is 16.5. The summed E-state index contributed by atoms with van der Waals surface area (Å²) < 4.78 is 4.83. The Morgan fingerprint density at radius 2 is 0.968 bits per heavy atom. The predicted molar refractivity (Wildman–Crippen MR) is 130 cm³/mol. The number of hydrogen-bond donors (Lipinski definition) is 4. The fourth-order valence-corrected chi connectivity index (χ4v) is 2.91. The molecule has 6 heteroatoms. The minimum Gasteiger partial charge on any atom is -0.481 e. The van der Waals surface area contributed by atoms with Gasteiger partial charge in [-0.3, -0.25) is 4.79 Å². The minimum atomic E-state index is -0.954. The molecule has 0 aromatic heterocycles. The molecule has 0 bridgehead atoms. The molecule has 4 N–H and O–H groups in total. The number of carboxylic acid groups (broad SMARTS) is 1. The van der Waals surface area contributed by atoms with E-state index in [9.17, 15) is 4.79 Å². The first kappa shape index (κ1) is 34.9. The monoisotopic (exact) mass is 450 g/mol. The molecule has 0 saturated carbocycles. The van der Waals surface area contributed by atoms with E-state index in [0.29, 0.717) is 6.42 Å². The standard InChI is InChI=1S/C18H36O2.C4H10O.C3H8O3/c1-2-3-4-5-6-7-8-9-10-11-12-13-14-15-16-17-18(19)20;1-3-5-4-2;4-1-3(6)2-5/h2-17H2,1H3,(H,19,20);3-4H2,1-2H3;3-6H,1-2H2. The van der Waals surface area contributed by atoms with Crippen molar-refractivity contribution in [1.82, 2.24) is 0 Å². The van der Waals surface area contributed by atoms with Crippen LogP contribution in [0, 0.1) is 0 Å². The third-order valence-electron chi connectivity index (χ3n) is 4.82. The molecule has 0 aromatic rings. The Morgan fingerprint density at radius 1 is 0.645 bits per heavy atom. The van der Waals surface area contributed by atoms with Crippen LogP contribution in [0.4, 0.5) is 0 Å². The van der Waals surface area contributed by atoms with Gasteiger partial charge < -0.3 is 25.2 Å². The van der Waals surface area contributed by atoms with Crippen LogP contribution in [0.25, 0.3) is 0 Å². The molecule has 0 aliphatic carbocycles. The van der Waals surface area contributed by atoms with Crippen molar-refractivity contribution in [2.24, 2.45) is 0 Å². The zero-order chi connectivity index (χ0) is 24.0. The molecule has 0 heterocycles. The van der Waals surface area contributed by atoms with Gasteiger partial charge in [-0.25, -0.2) is 0 Å². The van der Waals surface area contributed by atoms with E-state index in [1.807, 2.05) is 13.8 Å². The lowest BCUT2D eigenvalue weighted by Gasteiger charge is -2.03. The third-order valence-corrected chi connectivity index (χ3v) is 4.82. The average Bonchev–Trinajstić information content (AvgIpc) is 2.77. The Bertz CT molecular complexity index is 306. The maximum absolute atomic E-state index is 10.3. The van der Waals surface area contributed by atoms with Crippen molar-refractivity contribution in [3.8, 4) is 0 Å². The highest BCUT2D eigenvalue weighted by Crippen LogP contribution is 2.13. The molecule has 0 unspecified atom stereocenters. The number of aliphatic hydroxyl groups is 3. The lowest BCUT2D eigenvalue weighted by atomic mass is 10.0. The number of unbranched alkanes of at least 4 members (excludes halogenated alkanes) is 14. The molecule has 31 heavy (non-hydrogen) atoms. The molecular formula is C25H54O6. The van der Waals surface area contributed by atoms with Crippen LogP contribution in [0.15, 0.2) is 0 Å². The van der Waals surface area contributed by atoms with E-state index in [-0.39, 0.29) is 13.2 Å². The first-order chi connectivity index (χ1) is 15.0. The van der Waals surface area contributed by atoms with E-state index in [1.54, 1.807) is 0 Å². The highest BCUT2D eigenvalue weighted by Gasteiger charge is 1.97. The summed E-state index contributed by atoms with van der Waals surface area (Å²) in [5.41, 5.74) is 0. The number of carbonyl (C=O) groups is 1. The molecule has 0 spiro atoms. The second kappa shape index (κ2) is 33.9. The summed E-state index contributed by atoms with van der Waals surface area (Å²) in [6.45, 7) is 7.21. The van der Waals surface area contributed by atoms with Crippen LogP contribution >= 0.6 is 0 Å². The van der Waals surface area contributed by atoms with Gasteiger partial charge in [0.2, 0.25) is 0 Å². The number of aliphatic hydroxyl groups excluding tert-OH is 3. The Labute approximate surface area is 192 Å². The van der Waals surface area contributed by atoms with Crippen LogP contribution in [-0.2, 0) is 9.53 Å². The van der Waals surface area contributed by atoms with Gasteiger partial charge in [-0.1, -0.05) is 96.8 Å². The zero-order valence-electron chi connectivity index (χ0n) is 20.8. The fraction of sp³-hybridized carbons (Fsp3) is 0.960. The second-order valence-corrected chi connectivity index (χ2v) is 7.89. The van der Waals surface area contributed by atoms with Gasteiger partial charge in [-0.2, -0.15) is 0 Å². The Hall–Kier alpha value is -0.690. The summed E-state index contributed by atoms with van der Waals surface area (Å²) in [4.78, 5) is 10.3. The first-order valence-electron chi connectivity index (χ1n) is 12.7.